The van der Waals surface area contributed by atoms with Gasteiger partial charge >= 0.3 is 6.01 Å². The molecular formula is C26H20Cl2N6O3. The number of allylic oxidation sites excluding steroid dienone is 1. The summed E-state index contributed by atoms with van der Waals surface area (Å²) < 4.78 is 5.75. The SMILES string of the molecule is CC(=O)c1ccnc(NC(=O)C2=C(C)NC(Nc3nc4c(Cl)cccc4o3)=NC2c2ccccc2Cl)c1. The van der Waals surface area contributed by atoms with E-state index in [1.807, 2.05) is 6.07 Å². The van der Waals surface area contributed by atoms with Crippen molar-refractivity contribution in [1.29, 1.82) is 0 Å². The number of amides is 1. The Bertz CT molecular complexity index is 1610. The minimum absolute atomic E-state index is 0.137. The molecule has 3 N–H and O–H groups in total. The summed E-state index contributed by atoms with van der Waals surface area (Å²) in [5, 5.41) is 9.79. The molecule has 0 spiro atoms. The van der Waals surface area contributed by atoms with E-state index in [1.54, 1.807) is 49.4 Å². The summed E-state index contributed by atoms with van der Waals surface area (Å²) in [6.07, 6.45) is 1.46. The van der Waals surface area contributed by atoms with Crippen LogP contribution in [-0.2, 0) is 4.79 Å². The lowest BCUT2D eigenvalue weighted by Crippen LogP contribution is -2.37. The molecule has 2 aromatic heterocycles. The van der Waals surface area contributed by atoms with Crippen molar-refractivity contribution in [2.24, 2.45) is 4.99 Å². The number of ketones is 1. The van der Waals surface area contributed by atoms with Crippen molar-refractivity contribution in [3.63, 3.8) is 0 Å². The number of anilines is 2. The first-order valence-corrected chi connectivity index (χ1v) is 12.0. The standard InChI is InChI=1S/C26H20Cl2N6O3/c1-13-21(24(36)31-20-12-15(14(2)35)10-11-29-20)22(16-6-3-4-7-17(16)27)32-25(30-13)34-26-33-23-18(28)8-5-9-19(23)37-26/h3-12,22H,1-2H3,(H,29,31,36)(H2,30,32,33,34). The van der Waals surface area contributed by atoms with Gasteiger partial charge in [-0.05, 0) is 44.2 Å². The molecule has 0 aliphatic carbocycles. The van der Waals surface area contributed by atoms with Gasteiger partial charge < -0.3 is 15.1 Å². The van der Waals surface area contributed by atoms with Crippen LogP contribution >= 0.6 is 23.2 Å². The fourth-order valence-electron chi connectivity index (χ4n) is 3.93. The number of hydrogen-bond donors (Lipinski definition) is 3. The fraction of sp³-hybridized carbons (Fsp3) is 0.115. The molecule has 186 valence electrons. The molecule has 9 nitrogen and oxygen atoms in total. The van der Waals surface area contributed by atoms with E-state index in [1.165, 1.54) is 19.2 Å². The van der Waals surface area contributed by atoms with Gasteiger partial charge in [0.05, 0.1) is 10.6 Å². The summed E-state index contributed by atoms with van der Waals surface area (Å²) in [7, 11) is 0. The average molecular weight is 535 g/mol. The molecule has 1 unspecified atom stereocenters. The third-order valence-corrected chi connectivity index (χ3v) is 6.34. The number of nitrogens with zero attached hydrogens (tertiary/aromatic N) is 3. The lowest BCUT2D eigenvalue weighted by molar-refractivity contribution is -0.113. The van der Waals surface area contributed by atoms with Crippen LogP contribution in [0.5, 0.6) is 0 Å². The van der Waals surface area contributed by atoms with Crippen molar-refractivity contribution < 1.29 is 14.0 Å². The van der Waals surface area contributed by atoms with Crippen LogP contribution in [-0.4, -0.2) is 27.6 Å². The number of nitrogens with one attached hydrogen (secondary N) is 3. The molecule has 3 heterocycles. The normalized spacial score (nSPS) is 15.2. The van der Waals surface area contributed by atoms with E-state index in [2.05, 4.69) is 25.9 Å². The lowest BCUT2D eigenvalue weighted by atomic mass is 9.95. The summed E-state index contributed by atoms with van der Waals surface area (Å²) in [5.74, 6) is -0.0348. The molecule has 0 fully saturated rings. The minimum Gasteiger partial charge on any atom is -0.423 e. The number of carbonyl (C=O) groups is 2. The zero-order chi connectivity index (χ0) is 26.1. The van der Waals surface area contributed by atoms with E-state index >= 15 is 0 Å². The van der Waals surface area contributed by atoms with Crippen LogP contribution in [0.25, 0.3) is 11.1 Å². The van der Waals surface area contributed by atoms with Crippen LogP contribution in [0.2, 0.25) is 10.0 Å². The number of Topliss-reactive ketones (excluding diaryl/α,β-unsaturated/α-hetero) is 1. The maximum atomic E-state index is 13.5. The van der Waals surface area contributed by atoms with E-state index in [9.17, 15) is 9.59 Å². The van der Waals surface area contributed by atoms with Crippen LogP contribution in [0.4, 0.5) is 11.8 Å². The van der Waals surface area contributed by atoms with Gasteiger partial charge in [-0.3, -0.25) is 14.9 Å². The summed E-state index contributed by atoms with van der Waals surface area (Å²) in [5.41, 5.74) is 2.94. The summed E-state index contributed by atoms with van der Waals surface area (Å²) in [6.45, 7) is 3.19. The molecule has 37 heavy (non-hydrogen) atoms. The first-order valence-electron chi connectivity index (χ1n) is 11.2. The van der Waals surface area contributed by atoms with Gasteiger partial charge in [0.1, 0.15) is 17.4 Å². The molecule has 0 bridgehead atoms. The van der Waals surface area contributed by atoms with E-state index in [0.29, 0.717) is 49.5 Å². The van der Waals surface area contributed by atoms with Gasteiger partial charge in [0.15, 0.2) is 11.4 Å². The molecule has 1 aliphatic heterocycles. The highest BCUT2D eigenvalue weighted by Crippen LogP contribution is 2.35. The quantitative estimate of drug-likeness (QED) is 0.278. The molecule has 1 aliphatic rings. The molecule has 0 radical (unpaired) electrons. The Morgan fingerprint density at radius 1 is 1.05 bits per heavy atom. The van der Waals surface area contributed by atoms with Crippen LogP contribution in [0, 0.1) is 0 Å². The number of carbonyl (C=O) groups excluding carboxylic acids is 2. The molecule has 1 atom stereocenters. The zero-order valence-corrected chi connectivity index (χ0v) is 21.2. The van der Waals surface area contributed by atoms with Crippen LogP contribution in [0.1, 0.15) is 35.8 Å². The maximum absolute atomic E-state index is 13.5. The van der Waals surface area contributed by atoms with E-state index in [4.69, 9.17) is 32.6 Å². The molecule has 4 aromatic rings. The van der Waals surface area contributed by atoms with Crippen molar-refractivity contribution in [1.82, 2.24) is 15.3 Å². The Balaban J connectivity index is 1.49. The number of aliphatic imine (C=N–C) groups is 1. The lowest BCUT2D eigenvalue weighted by Gasteiger charge is -2.26. The Morgan fingerprint density at radius 2 is 1.84 bits per heavy atom. The smallest absolute Gasteiger partial charge is 0.302 e. The first-order chi connectivity index (χ1) is 17.8. The zero-order valence-electron chi connectivity index (χ0n) is 19.7. The topological polar surface area (TPSA) is 122 Å². The minimum atomic E-state index is -0.763. The van der Waals surface area contributed by atoms with Gasteiger partial charge in [-0.25, -0.2) is 9.98 Å². The molecule has 0 saturated heterocycles. The second kappa shape index (κ2) is 10.0. The fourth-order valence-corrected chi connectivity index (χ4v) is 4.37. The molecular weight excluding hydrogens is 515 g/mol. The average Bonchev–Trinajstić information content (AvgIpc) is 3.28. The van der Waals surface area contributed by atoms with Gasteiger partial charge in [-0.1, -0.05) is 47.5 Å². The predicted molar refractivity (Wildman–Crippen MR) is 143 cm³/mol. The number of para-hydroxylation sites is 1. The highest BCUT2D eigenvalue weighted by Gasteiger charge is 2.31. The van der Waals surface area contributed by atoms with Gasteiger partial charge in [0.2, 0.25) is 5.96 Å². The number of guanidine groups is 1. The van der Waals surface area contributed by atoms with Gasteiger partial charge in [-0.2, -0.15) is 4.98 Å². The van der Waals surface area contributed by atoms with E-state index in [-0.39, 0.29) is 17.6 Å². The molecule has 0 saturated carbocycles. The summed E-state index contributed by atoms with van der Waals surface area (Å²) in [4.78, 5) is 38.5. The number of aromatic nitrogens is 2. The van der Waals surface area contributed by atoms with Crippen LogP contribution in [0.3, 0.4) is 0 Å². The number of oxazole rings is 1. The van der Waals surface area contributed by atoms with Crippen molar-refractivity contribution in [3.8, 4) is 0 Å². The number of pyridine rings is 1. The highest BCUT2D eigenvalue weighted by atomic mass is 35.5. The van der Waals surface area contributed by atoms with Gasteiger partial charge in [-0.15, -0.1) is 0 Å². The number of rotatable bonds is 5. The molecule has 11 heteroatoms. The monoisotopic (exact) mass is 534 g/mol. The number of fused-ring (bicyclic) bond motifs is 1. The van der Waals surface area contributed by atoms with Crippen molar-refractivity contribution in [2.75, 3.05) is 10.6 Å². The summed E-state index contributed by atoms with van der Waals surface area (Å²) >= 11 is 12.7. The van der Waals surface area contributed by atoms with Crippen LogP contribution in [0.15, 0.2) is 81.5 Å². The first kappa shape index (κ1) is 24.5. The maximum Gasteiger partial charge on any atom is 0.302 e. The Hall–Kier alpha value is -4.21. The second-order valence-corrected chi connectivity index (χ2v) is 9.05. The van der Waals surface area contributed by atoms with Crippen molar-refractivity contribution in [3.05, 3.63) is 93.2 Å². The highest BCUT2D eigenvalue weighted by molar-refractivity contribution is 6.34. The number of halogens is 2. The molecule has 2 aromatic carbocycles. The van der Waals surface area contributed by atoms with Crippen molar-refractivity contribution in [2.45, 2.75) is 19.9 Å². The Labute approximate surface area is 221 Å². The van der Waals surface area contributed by atoms with Gasteiger partial charge in [0, 0.05) is 28.0 Å². The van der Waals surface area contributed by atoms with Crippen LogP contribution < -0.4 is 16.0 Å². The number of hydrogen-bond acceptors (Lipinski definition) is 8. The van der Waals surface area contributed by atoms with E-state index in [0.717, 1.165) is 0 Å². The predicted octanol–water partition coefficient (Wildman–Crippen LogP) is 5.76. The largest absolute Gasteiger partial charge is 0.423 e. The third kappa shape index (κ3) is 5.04. The Kier molecular flexibility index (Phi) is 6.64. The summed E-state index contributed by atoms with van der Waals surface area (Å²) in [6, 6.07) is 14.9. The molecule has 1 amide bonds. The third-order valence-electron chi connectivity index (χ3n) is 5.69. The second-order valence-electron chi connectivity index (χ2n) is 8.24. The van der Waals surface area contributed by atoms with Gasteiger partial charge in [0.25, 0.3) is 5.91 Å². The van der Waals surface area contributed by atoms with Crippen molar-refractivity contribution >= 4 is 63.8 Å². The molecule has 5 rings (SSSR count). The Morgan fingerprint density at radius 3 is 2.59 bits per heavy atom. The van der Waals surface area contributed by atoms with E-state index < -0.39 is 11.9 Å². The number of benzene rings is 2.